The molecule has 0 aromatic rings. The van der Waals surface area contributed by atoms with Crippen molar-refractivity contribution >= 4 is 6.98 Å². The van der Waals surface area contributed by atoms with Crippen LogP contribution in [0.25, 0.3) is 0 Å². The molecule has 78 valence electrons. The van der Waals surface area contributed by atoms with Crippen molar-refractivity contribution in [3.63, 3.8) is 0 Å². The van der Waals surface area contributed by atoms with Crippen molar-refractivity contribution in [1.82, 2.24) is 0 Å². The van der Waals surface area contributed by atoms with Gasteiger partial charge in [0.05, 0.1) is 6.67 Å². The zero-order valence-electron chi connectivity index (χ0n) is 8.24. The Balaban J connectivity index is 0.00000169. The van der Waals surface area contributed by atoms with Gasteiger partial charge >= 0.3 is 58.4 Å². The third-order valence-corrected chi connectivity index (χ3v) is 2.50. The molecule has 1 saturated heterocycles. The first-order valence-electron chi connectivity index (χ1n) is 4.32. The van der Waals surface area contributed by atoms with Crippen LogP contribution in [0.1, 0.15) is 12.8 Å². The molecule has 1 heterocycles. The van der Waals surface area contributed by atoms with E-state index in [0.717, 1.165) is 0 Å². The first-order valence-corrected chi connectivity index (χ1v) is 4.32. The summed E-state index contributed by atoms with van der Waals surface area (Å²) in [5.41, 5.74) is -1.18. The van der Waals surface area contributed by atoms with Crippen molar-refractivity contribution in [3.8, 4) is 0 Å². The van der Waals surface area contributed by atoms with E-state index in [1.54, 1.807) is 0 Å². The molecule has 0 unspecified atom stereocenters. The number of halogens is 4. The monoisotopic (exact) mass is 238 g/mol. The molecule has 0 aliphatic carbocycles. The van der Waals surface area contributed by atoms with Crippen LogP contribution in [0, 0.1) is 5.41 Å². The van der Waals surface area contributed by atoms with Crippen molar-refractivity contribution in [2.75, 3.05) is 19.9 Å². The van der Waals surface area contributed by atoms with E-state index in [0.29, 0.717) is 0 Å². The van der Waals surface area contributed by atoms with Crippen molar-refractivity contribution in [1.29, 1.82) is 0 Å². The largest absolute Gasteiger partial charge is 1.00 e. The Morgan fingerprint density at radius 2 is 1.64 bits per heavy atom. The number of hydrogen-bond acceptors (Lipinski definition) is 1. The van der Waals surface area contributed by atoms with Crippen LogP contribution in [0.5, 0.6) is 0 Å². The molecule has 1 fully saturated rings. The molecule has 0 atom stereocenters. The van der Waals surface area contributed by atoms with Crippen molar-refractivity contribution in [3.05, 3.63) is 0 Å². The van der Waals surface area contributed by atoms with Crippen molar-refractivity contribution in [2.45, 2.75) is 19.2 Å². The zero-order valence-corrected chi connectivity index (χ0v) is 11.4. The molecule has 0 spiro atoms. The fraction of sp³-hybridized carbons (Fsp3) is 1.00. The molecule has 0 aromatic heterocycles. The molecule has 1 nitrogen and oxygen atoms in total. The molecular weight excluding hydrogens is 226 g/mol. The smallest absolute Gasteiger partial charge is 0.449 e. The molecule has 1 aliphatic rings. The molecule has 7 heteroatoms. The van der Waals surface area contributed by atoms with Crippen LogP contribution in [-0.2, 0) is 4.74 Å². The normalized spacial score (nSPS) is 21.4. The second-order valence-corrected chi connectivity index (χ2v) is 3.66. The maximum Gasteiger partial charge on any atom is 1.00 e. The second-order valence-electron chi connectivity index (χ2n) is 3.66. The van der Waals surface area contributed by atoms with Crippen LogP contribution in [-0.4, -0.2) is 26.9 Å². The van der Waals surface area contributed by atoms with Crippen molar-refractivity contribution < 1.29 is 73.5 Å². The Bertz CT molecular complexity index is 170. The summed E-state index contributed by atoms with van der Waals surface area (Å²) in [6, 6.07) is 0. The minimum absolute atomic E-state index is 0. The van der Waals surface area contributed by atoms with Crippen LogP contribution < -0.4 is 51.4 Å². The van der Waals surface area contributed by atoms with Gasteiger partial charge in [0.15, 0.2) is 0 Å². The van der Waals surface area contributed by atoms with E-state index in [-0.39, 0.29) is 77.4 Å². The number of ether oxygens (including phenoxy) is 1. The molecule has 1 aliphatic heterocycles. The topological polar surface area (TPSA) is 9.23 Å². The van der Waals surface area contributed by atoms with Gasteiger partial charge < -0.3 is 17.7 Å². The van der Waals surface area contributed by atoms with E-state index >= 15 is 0 Å². The van der Waals surface area contributed by atoms with Gasteiger partial charge in [-0.1, -0.05) is 6.32 Å². The van der Waals surface area contributed by atoms with Gasteiger partial charge in [-0.05, 0) is 18.3 Å². The Hall–Kier alpha value is 1.38. The van der Waals surface area contributed by atoms with Crippen LogP contribution in [0.15, 0.2) is 0 Å². The summed E-state index contributed by atoms with van der Waals surface area (Å²) in [5, 5.41) is 0. The summed E-state index contributed by atoms with van der Waals surface area (Å²) in [6.07, 6.45) is -0.595. The van der Waals surface area contributed by atoms with Crippen LogP contribution >= 0.6 is 0 Å². The number of rotatable bonds is 3. The van der Waals surface area contributed by atoms with Gasteiger partial charge in [-0.2, -0.15) is 0 Å². The molecule has 1 rings (SSSR count). The van der Waals surface area contributed by atoms with Crippen LogP contribution in [0.4, 0.5) is 17.3 Å². The molecule has 0 saturated carbocycles. The van der Waals surface area contributed by atoms with E-state index in [1.165, 1.54) is 0 Å². The standard InChI is InChI=1S/C7H12BF4O.K/c9-6-7(5-8(10,11)12)1-3-13-4-2-7;/h1-6H2;/q-1;+1. The Labute approximate surface area is 123 Å². The predicted octanol–water partition coefficient (Wildman–Crippen LogP) is -0.396. The fourth-order valence-electron chi connectivity index (χ4n) is 1.69. The maximum atomic E-state index is 12.5. The Morgan fingerprint density at radius 1 is 1.14 bits per heavy atom. The number of alkyl halides is 1. The summed E-state index contributed by atoms with van der Waals surface area (Å²) in [5.74, 6) is 0. The van der Waals surface area contributed by atoms with E-state index in [9.17, 15) is 17.3 Å². The van der Waals surface area contributed by atoms with Crippen LogP contribution in [0.2, 0.25) is 6.32 Å². The van der Waals surface area contributed by atoms with Gasteiger partial charge in [0.2, 0.25) is 0 Å². The third kappa shape index (κ3) is 4.94. The van der Waals surface area contributed by atoms with Gasteiger partial charge in [0.1, 0.15) is 0 Å². The van der Waals surface area contributed by atoms with Crippen molar-refractivity contribution in [2.24, 2.45) is 5.41 Å². The molecule has 0 aromatic carbocycles. The third-order valence-electron chi connectivity index (χ3n) is 2.50. The quantitative estimate of drug-likeness (QED) is 0.480. The molecule has 0 amide bonds. The minimum Gasteiger partial charge on any atom is -0.449 e. The summed E-state index contributed by atoms with van der Waals surface area (Å²) in [4.78, 5) is 0. The fourth-order valence-corrected chi connectivity index (χ4v) is 1.69. The van der Waals surface area contributed by atoms with Crippen LogP contribution in [0.3, 0.4) is 0 Å². The molecule has 0 N–H and O–H groups in total. The maximum absolute atomic E-state index is 12.5. The number of hydrogen-bond donors (Lipinski definition) is 0. The molecule has 0 radical (unpaired) electrons. The molecular formula is C7H12BF4KO. The van der Waals surface area contributed by atoms with E-state index in [4.69, 9.17) is 4.74 Å². The Morgan fingerprint density at radius 3 is 2.00 bits per heavy atom. The van der Waals surface area contributed by atoms with Gasteiger partial charge in [0, 0.05) is 13.2 Å². The second kappa shape index (κ2) is 6.20. The van der Waals surface area contributed by atoms with Gasteiger partial charge in [-0.3, -0.25) is 4.39 Å². The zero-order chi connectivity index (χ0) is 9.95. The minimum atomic E-state index is -4.89. The van der Waals surface area contributed by atoms with Gasteiger partial charge in [-0.25, -0.2) is 0 Å². The summed E-state index contributed by atoms with van der Waals surface area (Å²) < 4.78 is 53.8. The summed E-state index contributed by atoms with van der Waals surface area (Å²) >= 11 is 0. The first kappa shape index (κ1) is 15.4. The molecule has 14 heavy (non-hydrogen) atoms. The Kier molecular flexibility index (Phi) is 6.81. The average molecular weight is 238 g/mol. The SMILES string of the molecule is FCC1(C[B-](F)(F)F)CCOCC1.[K+]. The first-order chi connectivity index (χ1) is 5.97. The van der Waals surface area contributed by atoms with E-state index in [1.807, 2.05) is 0 Å². The molecule has 0 bridgehead atoms. The summed E-state index contributed by atoms with van der Waals surface area (Å²) in [6.45, 7) is -5.28. The van der Waals surface area contributed by atoms with E-state index < -0.39 is 25.4 Å². The predicted molar refractivity (Wildman–Crippen MR) is 42.3 cm³/mol. The van der Waals surface area contributed by atoms with Gasteiger partial charge in [-0.15, -0.1) is 0 Å². The summed E-state index contributed by atoms with van der Waals surface area (Å²) in [7, 11) is 0. The average Bonchev–Trinajstić information content (AvgIpc) is 2.03. The van der Waals surface area contributed by atoms with Gasteiger partial charge in [0.25, 0.3) is 0 Å². The van der Waals surface area contributed by atoms with E-state index in [2.05, 4.69) is 0 Å².